The van der Waals surface area contributed by atoms with Crippen LogP contribution in [0.15, 0.2) is 0 Å². The molecule has 0 aromatic carbocycles. The Morgan fingerprint density at radius 2 is 1.47 bits per heavy atom. The molecule has 110 valence electrons. The Morgan fingerprint density at radius 1 is 0.895 bits per heavy atom. The molecule has 0 aromatic heterocycles. The maximum Gasteiger partial charge on any atom is 0.0124 e. The molecular weight excluding hydrogens is 232 g/mol. The molecule has 0 aliphatic heterocycles. The minimum absolute atomic E-state index is 0.879. The van der Waals surface area contributed by atoms with Gasteiger partial charge in [-0.3, -0.25) is 0 Å². The van der Waals surface area contributed by atoms with Crippen LogP contribution in [0.25, 0.3) is 0 Å². The van der Waals surface area contributed by atoms with Crippen LogP contribution in [0.4, 0.5) is 0 Å². The van der Waals surface area contributed by atoms with E-state index in [0.29, 0.717) is 0 Å². The Morgan fingerprint density at radius 3 is 2.00 bits per heavy atom. The van der Waals surface area contributed by atoms with Crippen LogP contribution in [0.5, 0.6) is 0 Å². The lowest BCUT2D eigenvalue weighted by Crippen LogP contribution is -2.54. The first kappa shape index (κ1) is 13.9. The molecule has 0 aromatic rings. The van der Waals surface area contributed by atoms with Gasteiger partial charge in [0.25, 0.3) is 0 Å². The molecule has 4 aliphatic rings. The third kappa shape index (κ3) is 3.00. The zero-order valence-corrected chi connectivity index (χ0v) is 12.9. The molecule has 0 unspecified atom stereocenters. The number of rotatable bonds is 7. The van der Waals surface area contributed by atoms with Gasteiger partial charge in [0, 0.05) is 6.04 Å². The van der Waals surface area contributed by atoms with Gasteiger partial charge in [0.15, 0.2) is 0 Å². The lowest BCUT2D eigenvalue weighted by Gasteiger charge is -2.54. The highest BCUT2D eigenvalue weighted by Crippen LogP contribution is 2.53. The quantitative estimate of drug-likeness (QED) is 0.711. The third-order valence-corrected chi connectivity index (χ3v) is 6.15. The smallest absolute Gasteiger partial charge is 0.0124 e. The summed E-state index contributed by atoms with van der Waals surface area (Å²) in [5.41, 5.74) is 0. The molecular formula is C17H32N2. The summed E-state index contributed by atoms with van der Waals surface area (Å²) in [6.07, 6.45) is 9.06. The largest absolute Gasteiger partial charge is 0.313 e. The van der Waals surface area contributed by atoms with Gasteiger partial charge in [-0.15, -0.1) is 0 Å². The van der Waals surface area contributed by atoms with E-state index in [0.717, 1.165) is 29.7 Å². The van der Waals surface area contributed by atoms with Crippen molar-refractivity contribution in [1.29, 1.82) is 0 Å². The summed E-state index contributed by atoms with van der Waals surface area (Å²) in [7, 11) is 0. The molecule has 4 rings (SSSR count). The minimum atomic E-state index is 0.879. The first-order valence-corrected chi connectivity index (χ1v) is 8.75. The summed E-state index contributed by atoms with van der Waals surface area (Å²) >= 11 is 0. The summed E-state index contributed by atoms with van der Waals surface area (Å²) in [4.78, 5) is 2.54. The van der Waals surface area contributed by atoms with Crippen molar-refractivity contribution in [1.82, 2.24) is 10.2 Å². The fourth-order valence-corrected chi connectivity index (χ4v) is 5.37. The molecule has 4 bridgehead atoms. The van der Waals surface area contributed by atoms with Crippen molar-refractivity contribution in [2.75, 3.05) is 26.2 Å². The standard InChI is InChI=1S/C17H32N2/c1-3-19(4-2)7-5-6-18-17-15-9-13-8-14(11-15)12-16(17)10-13/h13-18H,3-12H2,1-2H3. The molecule has 4 saturated carbocycles. The molecule has 19 heavy (non-hydrogen) atoms. The lowest BCUT2D eigenvalue weighted by molar-refractivity contribution is -0.0137. The van der Waals surface area contributed by atoms with Crippen molar-refractivity contribution in [2.24, 2.45) is 23.7 Å². The second-order valence-electron chi connectivity index (χ2n) is 7.29. The average molecular weight is 264 g/mol. The molecule has 0 amide bonds. The van der Waals surface area contributed by atoms with E-state index in [-0.39, 0.29) is 0 Å². The molecule has 0 heterocycles. The number of nitrogens with zero attached hydrogens (tertiary/aromatic N) is 1. The van der Waals surface area contributed by atoms with Gasteiger partial charge in [-0.05, 0) is 88.4 Å². The predicted molar refractivity (Wildman–Crippen MR) is 81.2 cm³/mol. The molecule has 0 radical (unpaired) electrons. The first-order valence-electron chi connectivity index (χ1n) is 8.75. The van der Waals surface area contributed by atoms with E-state index in [1.165, 1.54) is 32.6 Å². The summed E-state index contributed by atoms with van der Waals surface area (Å²) in [6.45, 7) is 9.46. The molecule has 1 N–H and O–H groups in total. The average Bonchev–Trinajstić information content (AvgIpc) is 2.40. The summed E-state index contributed by atoms with van der Waals surface area (Å²) in [6, 6.07) is 0.879. The van der Waals surface area contributed by atoms with Crippen LogP contribution in [0.2, 0.25) is 0 Å². The van der Waals surface area contributed by atoms with Crippen molar-refractivity contribution in [3.8, 4) is 0 Å². The van der Waals surface area contributed by atoms with Crippen molar-refractivity contribution < 1.29 is 0 Å². The van der Waals surface area contributed by atoms with E-state index in [9.17, 15) is 0 Å². The molecule has 0 atom stereocenters. The van der Waals surface area contributed by atoms with Gasteiger partial charge in [-0.1, -0.05) is 13.8 Å². The van der Waals surface area contributed by atoms with E-state index in [2.05, 4.69) is 24.1 Å². The Balaban J connectivity index is 1.41. The predicted octanol–water partition coefficient (Wildman–Crippen LogP) is 3.13. The van der Waals surface area contributed by atoms with Crippen molar-refractivity contribution in [3.63, 3.8) is 0 Å². The first-order chi connectivity index (χ1) is 9.30. The molecule has 0 spiro atoms. The fourth-order valence-electron chi connectivity index (χ4n) is 5.37. The van der Waals surface area contributed by atoms with E-state index in [1.54, 1.807) is 32.1 Å². The summed E-state index contributed by atoms with van der Waals surface area (Å²) in [5, 5.41) is 3.94. The van der Waals surface area contributed by atoms with Gasteiger partial charge >= 0.3 is 0 Å². The van der Waals surface area contributed by atoms with Gasteiger partial charge in [0.2, 0.25) is 0 Å². The SMILES string of the molecule is CCN(CC)CCCNC1C2CC3CC(C2)CC1C3. The van der Waals surface area contributed by atoms with Crippen LogP contribution < -0.4 is 5.32 Å². The van der Waals surface area contributed by atoms with Crippen LogP contribution in [0, 0.1) is 23.7 Å². The highest BCUT2D eigenvalue weighted by Gasteiger charge is 2.47. The van der Waals surface area contributed by atoms with Crippen LogP contribution in [-0.4, -0.2) is 37.1 Å². The van der Waals surface area contributed by atoms with Gasteiger partial charge in [0.1, 0.15) is 0 Å². The highest BCUT2D eigenvalue weighted by atomic mass is 15.1. The second kappa shape index (κ2) is 6.13. The van der Waals surface area contributed by atoms with Crippen LogP contribution >= 0.6 is 0 Å². The van der Waals surface area contributed by atoms with Crippen LogP contribution in [0.1, 0.15) is 52.4 Å². The molecule has 0 saturated heterocycles. The zero-order valence-electron chi connectivity index (χ0n) is 12.9. The van der Waals surface area contributed by atoms with E-state index in [1.807, 2.05) is 0 Å². The molecule has 4 aliphatic carbocycles. The molecule has 2 nitrogen and oxygen atoms in total. The summed E-state index contributed by atoms with van der Waals surface area (Å²) < 4.78 is 0. The van der Waals surface area contributed by atoms with Gasteiger partial charge in [-0.2, -0.15) is 0 Å². The Bertz CT molecular complexity index is 257. The van der Waals surface area contributed by atoms with Crippen LogP contribution in [0.3, 0.4) is 0 Å². The highest BCUT2D eigenvalue weighted by molar-refractivity contribution is 5.01. The maximum absolute atomic E-state index is 3.94. The summed E-state index contributed by atoms with van der Waals surface area (Å²) in [5.74, 6) is 4.28. The Hall–Kier alpha value is -0.0800. The van der Waals surface area contributed by atoms with Gasteiger partial charge in [0.05, 0.1) is 0 Å². The zero-order chi connectivity index (χ0) is 13.2. The van der Waals surface area contributed by atoms with Crippen molar-refractivity contribution >= 4 is 0 Å². The minimum Gasteiger partial charge on any atom is -0.313 e. The molecule has 4 fully saturated rings. The normalized spacial score (nSPS) is 40.3. The topological polar surface area (TPSA) is 15.3 Å². The van der Waals surface area contributed by atoms with Crippen molar-refractivity contribution in [3.05, 3.63) is 0 Å². The number of hydrogen-bond acceptors (Lipinski definition) is 2. The Kier molecular flexibility index (Phi) is 4.48. The van der Waals surface area contributed by atoms with Gasteiger partial charge < -0.3 is 10.2 Å². The lowest BCUT2D eigenvalue weighted by atomic mass is 9.54. The fraction of sp³-hybridized carbons (Fsp3) is 1.00. The van der Waals surface area contributed by atoms with E-state index < -0.39 is 0 Å². The van der Waals surface area contributed by atoms with Gasteiger partial charge in [-0.25, -0.2) is 0 Å². The molecule has 2 heteroatoms. The van der Waals surface area contributed by atoms with E-state index in [4.69, 9.17) is 0 Å². The monoisotopic (exact) mass is 264 g/mol. The Labute approximate surface area is 119 Å². The maximum atomic E-state index is 3.94. The van der Waals surface area contributed by atoms with Crippen LogP contribution in [-0.2, 0) is 0 Å². The second-order valence-corrected chi connectivity index (χ2v) is 7.29. The van der Waals surface area contributed by atoms with Crippen molar-refractivity contribution in [2.45, 2.75) is 58.4 Å². The number of hydrogen-bond donors (Lipinski definition) is 1. The van der Waals surface area contributed by atoms with E-state index >= 15 is 0 Å². The number of nitrogens with one attached hydrogen (secondary N) is 1. The third-order valence-electron chi connectivity index (χ3n) is 6.15.